The highest BCUT2D eigenvalue weighted by molar-refractivity contribution is 9.10. The predicted molar refractivity (Wildman–Crippen MR) is 72.5 cm³/mol. The number of aromatic nitrogens is 2. The average Bonchev–Trinajstić information content (AvgIpc) is 2.75. The van der Waals surface area contributed by atoms with E-state index in [-0.39, 0.29) is 0 Å². The molecule has 2 unspecified atom stereocenters. The standard InChI is InChI=1S/C12H21BrN2O3/c1-5-12(2,18-4)11(16)10-9(13)8-14-15(10)6-7-17-3/h8,11,16H,5-7H2,1-4H3. The van der Waals surface area contributed by atoms with Crippen molar-refractivity contribution in [2.75, 3.05) is 20.8 Å². The van der Waals surface area contributed by atoms with Gasteiger partial charge in [0.2, 0.25) is 0 Å². The van der Waals surface area contributed by atoms with E-state index in [0.717, 1.165) is 10.2 Å². The Morgan fingerprint density at radius 2 is 2.22 bits per heavy atom. The van der Waals surface area contributed by atoms with E-state index >= 15 is 0 Å². The average molecular weight is 321 g/mol. The third kappa shape index (κ3) is 3.12. The normalized spacial score (nSPS) is 16.6. The van der Waals surface area contributed by atoms with Crippen LogP contribution in [0.3, 0.4) is 0 Å². The van der Waals surface area contributed by atoms with Crippen LogP contribution in [0, 0.1) is 0 Å². The highest BCUT2D eigenvalue weighted by Gasteiger charge is 2.35. The number of aliphatic hydroxyl groups is 1. The molecular formula is C12H21BrN2O3. The summed E-state index contributed by atoms with van der Waals surface area (Å²) in [5, 5.41) is 14.8. The first-order valence-electron chi connectivity index (χ1n) is 5.93. The molecule has 0 amide bonds. The van der Waals surface area contributed by atoms with Gasteiger partial charge in [-0.15, -0.1) is 0 Å². The van der Waals surface area contributed by atoms with Crippen molar-refractivity contribution in [1.82, 2.24) is 9.78 Å². The Morgan fingerprint density at radius 1 is 1.56 bits per heavy atom. The Hall–Kier alpha value is -0.430. The van der Waals surface area contributed by atoms with Gasteiger partial charge in [0.25, 0.3) is 0 Å². The molecule has 18 heavy (non-hydrogen) atoms. The second-order valence-electron chi connectivity index (χ2n) is 4.37. The first-order valence-corrected chi connectivity index (χ1v) is 6.72. The molecular weight excluding hydrogens is 300 g/mol. The van der Waals surface area contributed by atoms with Crippen LogP contribution in [-0.4, -0.2) is 41.3 Å². The van der Waals surface area contributed by atoms with Crippen LogP contribution in [0.2, 0.25) is 0 Å². The van der Waals surface area contributed by atoms with Crippen molar-refractivity contribution in [2.24, 2.45) is 0 Å². The fourth-order valence-electron chi connectivity index (χ4n) is 1.74. The Balaban J connectivity index is 3.03. The Morgan fingerprint density at radius 3 is 2.72 bits per heavy atom. The summed E-state index contributed by atoms with van der Waals surface area (Å²) < 4.78 is 13.0. The first kappa shape index (κ1) is 15.6. The number of hydrogen-bond acceptors (Lipinski definition) is 4. The van der Waals surface area contributed by atoms with Gasteiger partial charge in [0.1, 0.15) is 6.10 Å². The number of aliphatic hydroxyl groups excluding tert-OH is 1. The van der Waals surface area contributed by atoms with Gasteiger partial charge in [0.05, 0.1) is 35.1 Å². The molecule has 0 aliphatic heterocycles. The maximum atomic E-state index is 10.5. The lowest BCUT2D eigenvalue weighted by Gasteiger charge is -2.32. The SMILES string of the molecule is CCC(C)(OC)C(O)c1c(Br)cnn1CCOC. The largest absolute Gasteiger partial charge is 0.384 e. The van der Waals surface area contributed by atoms with Crippen molar-refractivity contribution >= 4 is 15.9 Å². The van der Waals surface area contributed by atoms with E-state index in [1.807, 2.05) is 13.8 Å². The topological polar surface area (TPSA) is 56.5 Å². The zero-order chi connectivity index (χ0) is 13.8. The van der Waals surface area contributed by atoms with E-state index in [1.165, 1.54) is 0 Å². The molecule has 1 N–H and O–H groups in total. The van der Waals surface area contributed by atoms with Gasteiger partial charge in [-0.25, -0.2) is 0 Å². The molecule has 0 saturated carbocycles. The van der Waals surface area contributed by atoms with Gasteiger partial charge in [-0.3, -0.25) is 4.68 Å². The monoisotopic (exact) mass is 320 g/mol. The van der Waals surface area contributed by atoms with Crippen molar-refractivity contribution in [3.63, 3.8) is 0 Å². The molecule has 0 radical (unpaired) electrons. The minimum Gasteiger partial charge on any atom is -0.384 e. The van der Waals surface area contributed by atoms with Gasteiger partial charge in [-0.05, 0) is 29.3 Å². The van der Waals surface area contributed by atoms with Crippen LogP contribution in [0.4, 0.5) is 0 Å². The minimum absolute atomic E-state index is 0.545. The fourth-order valence-corrected chi connectivity index (χ4v) is 2.25. The molecule has 5 nitrogen and oxygen atoms in total. The lowest BCUT2D eigenvalue weighted by atomic mass is 9.93. The quantitative estimate of drug-likeness (QED) is 0.836. The maximum absolute atomic E-state index is 10.5. The van der Waals surface area contributed by atoms with Gasteiger partial charge in [0, 0.05) is 14.2 Å². The summed E-state index contributed by atoms with van der Waals surface area (Å²) in [7, 11) is 3.25. The van der Waals surface area contributed by atoms with Gasteiger partial charge >= 0.3 is 0 Å². The maximum Gasteiger partial charge on any atom is 0.125 e. The van der Waals surface area contributed by atoms with Gasteiger partial charge in [-0.1, -0.05) is 6.92 Å². The number of ether oxygens (including phenoxy) is 2. The number of nitrogens with zero attached hydrogens (tertiary/aromatic N) is 2. The molecule has 0 aromatic carbocycles. The van der Waals surface area contributed by atoms with Crippen LogP contribution in [-0.2, 0) is 16.0 Å². The molecule has 0 aliphatic carbocycles. The zero-order valence-corrected chi connectivity index (χ0v) is 12.9. The molecule has 0 spiro atoms. The van der Waals surface area contributed by atoms with E-state index in [1.54, 1.807) is 25.1 Å². The molecule has 0 fully saturated rings. The summed E-state index contributed by atoms with van der Waals surface area (Å²) in [5.74, 6) is 0. The van der Waals surface area contributed by atoms with E-state index in [4.69, 9.17) is 9.47 Å². The zero-order valence-electron chi connectivity index (χ0n) is 11.3. The molecule has 1 rings (SSSR count). The number of rotatable bonds is 7. The molecule has 0 aliphatic rings. The number of hydrogen-bond donors (Lipinski definition) is 1. The van der Waals surface area contributed by atoms with Gasteiger partial charge in [0.15, 0.2) is 0 Å². The number of halogens is 1. The molecule has 0 saturated heterocycles. The van der Waals surface area contributed by atoms with Gasteiger partial charge < -0.3 is 14.6 Å². The van der Waals surface area contributed by atoms with Crippen molar-refractivity contribution < 1.29 is 14.6 Å². The second kappa shape index (κ2) is 6.65. The molecule has 2 atom stereocenters. The summed E-state index contributed by atoms with van der Waals surface area (Å²) in [6.45, 7) is 5.01. The Kier molecular flexibility index (Phi) is 5.78. The summed E-state index contributed by atoms with van der Waals surface area (Å²) >= 11 is 3.42. The summed E-state index contributed by atoms with van der Waals surface area (Å²) in [6, 6.07) is 0. The van der Waals surface area contributed by atoms with E-state index in [0.29, 0.717) is 19.6 Å². The highest BCUT2D eigenvalue weighted by atomic mass is 79.9. The summed E-state index contributed by atoms with van der Waals surface area (Å²) in [5.41, 5.74) is 0.0890. The Bertz CT molecular complexity index is 377. The van der Waals surface area contributed by atoms with Crippen LogP contribution in [0.15, 0.2) is 10.7 Å². The Labute approximate surface area is 116 Å². The first-order chi connectivity index (χ1) is 8.50. The number of methoxy groups -OCH3 is 2. The summed E-state index contributed by atoms with van der Waals surface area (Å²) in [4.78, 5) is 0. The van der Waals surface area contributed by atoms with Gasteiger partial charge in [-0.2, -0.15) is 5.10 Å². The second-order valence-corrected chi connectivity index (χ2v) is 5.22. The fraction of sp³-hybridized carbons (Fsp3) is 0.750. The van der Waals surface area contributed by atoms with Crippen LogP contribution in [0.5, 0.6) is 0 Å². The third-order valence-electron chi connectivity index (χ3n) is 3.35. The molecule has 1 aromatic rings. The lowest BCUT2D eigenvalue weighted by molar-refractivity contribution is -0.0979. The van der Waals surface area contributed by atoms with E-state index in [2.05, 4.69) is 21.0 Å². The predicted octanol–water partition coefficient (Wildman–Crippen LogP) is 2.14. The summed E-state index contributed by atoms with van der Waals surface area (Å²) in [6.07, 6.45) is 1.63. The highest BCUT2D eigenvalue weighted by Crippen LogP contribution is 2.35. The van der Waals surface area contributed by atoms with Crippen molar-refractivity contribution in [1.29, 1.82) is 0 Å². The third-order valence-corrected chi connectivity index (χ3v) is 3.96. The van der Waals surface area contributed by atoms with Crippen LogP contribution in [0.1, 0.15) is 32.1 Å². The lowest BCUT2D eigenvalue weighted by Crippen LogP contribution is -2.36. The molecule has 1 heterocycles. The minimum atomic E-state index is -0.749. The molecule has 1 aromatic heterocycles. The smallest absolute Gasteiger partial charge is 0.125 e. The molecule has 6 heteroatoms. The van der Waals surface area contributed by atoms with Crippen molar-refractivity contribution in [3.05, 3.63) is 16.4 Å². The van der Waals surface area contributed by atoms with Crippen LogP contribution < -0.4 is 0 Å². The molecule has 104 valence electrons. The molecule has 0 bridgehead atoms. The van der Waals surface area contributed by atoms with Crippen LogP contribution in [0.25, 0.3) is 0 Å². The van der Waals surface area contributed by atoms with E-state index < -0.39 is 11.7 Å². The van der Waals surface area contributed by atoms with Crippen molar-refractivity contribution in [3.8, 4) is 0 Å². The van der Waals surface area contributed by atoms with E-state index in [9.17, 15) is 5.11 Å². The van der Waals surface area contributed by atoms with Crippen molar-refractivity contribution in [2.45, 2.75) is 38.5 Å². The van der Waals surface area contributed by atoms with Crippen LogP contribution >= 0.6 is 15.9 Å².